The smallest absolute Gasteiger partial charge is 0.297 e. The number of nitriles is 1. The first-order valence-corrected chi connectivity index (χ1v) is 3.22. The molecule has 1 aromatic heterocycles. The Morgan fingerprint density at radius 3 is 2.60 bits per heavy atom. The number of hydrogen-bond donors (Lipinski definition) is 0. The molecule has 0 fully saturated rings. The zero-order valence-corrected chi connectivity index (χ0v) is 6.67. The third kappa shape index (κ3) is 0.866. The lowest BCUT2D eigenvalue weighted by Gasteiger charge is -1.79. The molecule has 52 valence electrons. The van der Waals surface area contributed by atoms with Crippen molar-refractivity contribution in [3.05, 3.63) is 20.6 Å². The molecular formula is C5H3BrN2O2. The van der Waals surface area contributed by atoms with E-state index in [4.69, 9.17) is 9.78 Å². The van der Waals surface area contributed by atoms with Crippen molar-refractivity contribution in [2.75, 3.05) is 0 Å². The summed E-state index contributed by atoms with van der Waals surface area (Å²) in [5.41, 5.74) is -0.337. The standard InChI is InChI=1S/C5H3BrN2O2/c1-8-5(9)4(6)3(2-7)10-8/h1H3. The molecule has 1 rings (SSSR count). The Kier molecular flexibility index (Phi) is 1.64. The second-order valence-electron chi connectivity index (χ2n) is 1.65. The van der Waals surface area contributed by atoms with Gasteiger partial charge in [0.15, 0.2) is 0 Å². The van der Waals surface area contributed by atoms with E-state index in [2.05, 4.69) is 15.9 Å². The lowest BCUT2D eigenvalue weighted by Crippen LogP contribution is -2.09. The quantitative estimate of drug-likeness (QED) is 0.620. The predicted molar refractivity (Wildman–Crippen MR) is 36.4 cm³/mol. The monoisotopic (exact) mass is 202 g/mol. The average Bonchev–Trinajstić information content (AvgIpc) is 2.17. The van der Waals surface area contributed by atoms with Crippen LogP contribution in [0.3, 0.4) is 0 Å². The maximum Gasteiger partial charge on any atom is 0.297 e. The summed E-state index contributed by atoms with van der Waals surface area (Å²) in [5.74, 6) is 0.00694. The van der Waals surface area contributed by atoms with Gasteiger partial charge in [0.2, 0.25) is 0 Å². The number of rotatable bonds is 0. The molecule has 0 spiro atoms. The van der Waals surface area contributed by atoms with Crippen LogP contribution in [-0.2, 0) is 7.05 Å². The normalized spacial score (nSPS) is 9.30. The fraction of sp³-hybridized carbons (Fsp3) is 0.200. The van der Waals surface area contributed by atoms with Gasteiger partial charge in [-0.1, -0.05) is 0 Å². The Hall–Kier alpha value is -1.02. The summed E-state index contributed by atoms with van der Waals surface area (Å²) in [5, 5.41) is 8.33. The van der Waals surface area contributed by atoms with Crippen molar-refractivity contribution >= 4 is 15.9 Å². The highest BCUT2D eigenvalue weighted by atomic mass is 79.9. The Bertz CT molecular complexity index is 344. The third-order valence-corrected chi connectivity index (χ3v) is 1.70. The predicted octanol–water partition coefficient (Wildman–Crippen LogP) is 0.612. The van der Waals surface area contributed by atoms with Gasteiger partial charge in [-0.2, -0.15) is 10.0 Å². The van der Waals surface area contributed by atoms with E-state index in [1.807, 2.05) is 0 Å². The minimum Gasteiger partial charge on any atom is -0.364 e. The number of aromatic nitrogens is 1. The first kappa shape index (κ1) is 7.09. The van der Waals surface area contributed by atoms with E-state index in [-0.39, 0.29) is 15.8 Å². The van der Waals surface area contributed by atoms with Crippen LogP contribution in [0.15, 0.2) is 13.8 Å². The van der Waals surface area contributed by atoms with Crippen molar-refractivity contribution in [2.45, 2.75) is 0 Å². The van der Waals surface area contributed by atoms with Crippen LogP contribution in [0.2, 0.25) is 0 Å². The highest BCUT2D eigenvalue weighted by molar-refractivity contribution is 9.10. The Morgan fingerprint density at radius 2 is 2.40 bits per heavy atom. The Balaban J connectivity index is 3.50. The van der Waals surface area contributed by atoms with Crippen LogP contribution in [0.1, 0.15) is 5.76 Å². The summed E-state index contributed by atoms with van der Waals surface area (Å²) in [6.07, 6.45) is 0. The number of halogens is 1. The summed E-state index contributed by atoms with van der Waals surface area (Å²) in [6, 6.07) is 1.72. The van der Waals surface area contributed by atoms with Gasteiger partial charge in [-0.05, 0) is 15.9 Å². The van der Waals surface area contributed by atoms with Crippen molar-refractivity contribution in [1.82, 2.24) is 4.74 Å². The van der Waals surface area contributed by atoms with Crippen molar-refractivity contribution in [3.63, 3.8) is 0 Å². The van der Waals surface area contributed by atoms with Crippen LogP contribution < -0.4 is 5.56 Å². The maximum atomic E-state index is 10.8. The zero-order valence-electron chi connectivity index (χ0n) is 5.09. The molecule has 0 atom stereocenters. The fourth-order valence-corrected chi connectivity index (χ4v) is 0.934. The molecule has 0 radical (unpaired) electrons. The highest BCUT2D eigenvalue weighted by Gasteiger charge is 2.10. The van der Waals surface area contributed by atoms with E-state index in [9.17, 15) is 4.79 Å². The van der Waals surface area contributed by atoms with Gasteiger partial charge in [0.1, 0.15) is 10.5 Å². The van der Waals surface area contributed by atoms with E-state index >= 15 is 0 Å². The molecular weight excluding hydrogens is 200 g/mol. The molecule has 1 aromatic rings. The zero-order chi connectivity index (χ0) is 7.72. The van der Waals surface area contributed by atoms with E-state index in [1.54, 1.807) is 6.07 Å². The molecule has 0 bridgehead atoms. The minimum atomic E-state index is -0.337. The van der Waals surface area contributed by atoms with E-state index in [0.29, 0.717) is 0 Å². The van der Waals surface area contributed by atoms with Gasteiger partial charge in [-0.15, -0.1) is 0 Å². The molecule has 5 heteroatoms. The summed E-state index contributed by atoms with van der Waals surface area (Å²) in [4.78, 5) is 10.8. The molecule has 0 saturated heterocycles. The molecule has 0 aliphatic heterocycles. The van der Waals surface area contributed by atoms with Crippen molar-refractivity contribution in [2.24, 2.45) is 7.05 Å². The molecule has 0 saturated carbocycles. The van der Waals surface area contributed by atoms with Crippen LogP contribution >= 0.6 is 15.9 Å². The average molecular weight is 203 g/mol. The molecule has 0 aliphatic rings. The van der Waals surface area contributed by atoms with Crippen LogP contribution in [0.5, 0.6) is 0 Å². The van der Waals surface area contributed by atoms with Crippen LogP contribution in [-0.4, -0.2) is 4.74 Å². The molecule has 1 heterocycles. The number of nitrogens with zero attached hydrogens (tertiary/aromatic N) is 2. The maximum absolute atomic E-state index is 10.8. The van der Waals surface area contributed by atoms with Gasteiger partial charge in [0.25, 0.3) is 11.3 Å². The topological polar surface area (TPSA) is 58.9 Å². The van der Waals surface area contributed by atoms with E-state index in [1.165, 1.54) is 7.05 Å². The summed E-state index contributed by atoms with van der Waals surface area (Å²) < 4.78 is 5.86. The van der Waals surface area contributed by atoms with Crippen molar-refractivity contribution < 1.29 is 4.52 Å². The SMILES string of the molecule is Cn1oc(C#N)c(Br)c1=O. The van der Waals surface area contributed by atoms with E-state index < -0.39 is 0 Å². The number of hydrogen-bond acceptors (Lipinski definition) is 3. The Morgan fingerprint density at radius 1 is 1.80 bits per heavy atom. The molecule has 10 heavy (non-hydrogen) atoms. The second-order valence-corrected chi connectivity index (χ2v) is 2.44. The highest BCUT2D eigenvalue weighted by Crippen LogP contribution is 2.09. The molecule has 0 N–H and O–H groups in total. The van der Waals surface area contributed by atoms with Crippen molar-refractivity contribution in [1.29, 1.82) is 5.26 Å². The van der Waals surface area contributed by atoms with Gasteiger partial charge in [0.05, 0.1) is 0 Å². The van der Waals surface area contributed by atoms with Crippen LogP contribution in [0, 0.1) is 11.3 Å². The van der Waals surface area contributed by atoms with Gasteiger partial charge < -0.3 is 4.52 Å². The third-order valence-electron chi connectivity index (χ3n) is 1.00. The van der Waals surface area contributed by atoms with Crippen LogP contribution in [0.25, 0.3) is 0 Å². The van der Waals surface area contributed by atoms with Crippen LogP contribution in [0.4, 0.5) is 0 Å². The molecule has 0 aromatic carbocycles. The lowest BCUT2D eigenvalue weighted by molar-refractivity contribution is 0.291. The molecule has 0 aliphatic carbocycles. The summed E-state index contributed by atoms with van der Waals surface area (Å²) in [6.45, 7) is 0. The molecule has 4 nitrogen and oxygen atoms in total. The largest absolute Gasteiger partial charge is 0.364 e. The van der Waals surface area contributed by atoms with Gasteiger partial charge in [0, 0.05) is 7.05 Å². The Labute approximate surface area is 64.8 Å². The van der Waals surface area contributed by atoms with Gasteiger partial charge in [-0.25, -0.2) is 0 Å². The lowest BCUT2D eigenvalue weighted by atomic mass is 10.5. The molecule has 0 unspecified atom stereocenters. The first-order chi connectivity index (χ1) is 4.66. The minimum absolute atomic E-state index is 0.00694. The summed E-state index contributed by atoms with van der Waals surface area (Å²) >= 11 is 2.91. The fourth-order valence-electron chi connectivity index (χ4n) is 0.523. The summed E-state index contributed by atoms with van der Waals surface area (Å²) in [7, 11) is 1.44. The molecule has 0 amide bonds. The first-order valence-electron chi connectivity index (χ1n) is 2.42. The van der Waals surface area contributed by atoms with Gasteiger partial charge in [-0.3, -0.25) is 4.79 Å². The second kappa shape index (κ2) is 2.31. The number of aryl methyl sites for hydroxylation is 1. The van der Waals surface area contributed by atoms with Crippen molar-refractivity contribution in [3.8, 4) is 6.07 Å². The van der Waals surface area contributed by atoms with Gasteiger partial charge >= 0.3 is 0 Å². The van der Waals surface area contributed by atoms with E-state index in [0.717, 1.165) is 4.74 Å².